The largest absolute Gasteiger partial charge is 0.349 e. The normalized spacial score (nSPS) is 16.2. The summed E-state index contributed by atoms with van der Waals surface area (Å²) in [5.41, 5.74) is 0. The van der Waals surface area contributed by atoms with E-state index in [1.54, 1.807) is 36.4 Å². The fraction of sp³-hybridized carbons (Fsp3) is 0.312. The molecule has 1 saturated heterocycles. The van der Waals surface area contributed by atoms with Gasteiger partial charge in [-0.25, -0.2) is 8.42 Å². The maximum atomic E-state index is 12.5. The van der Waals surface area contributed by atoms with Gasteiger partial charge in [0.15, 0.2) is 0 Å². The number of amides is 1. The molecule has 1 aromatic carbocycles. The number of thiophene rings is 1. The van der Waals surface area contributed by atoms with Gasteiger partial charge in [0.1, 0.15) is 4.21 Å². The van der Waals surface area contributed by atoms with Crippen molar-refractivity contribution in [3.8, 4) is 0 Å². The minimum atomic E-state index is -3.56. The molecular formula is C16H18N2O3S2. The Bertz CT molecular complexity index is 779. The summed E-state index contributed by atoms with van der Waals surface area (Å²) in [4.78, 5) is 12.9. The molecule has 7 heteroatoms. The van der Waals surface area contributed by atoms with Gasteiger partial charge >= 0.3 is 0 Å². The van der Waals surface area contributed by atoms with E-state index in [0.29, 0.717) is 4.88 Å². The van der Waals surface area contributed by atoms with Gasteiger partial charge in [-0.2, -0.15) is 0 Å². The lowest BCUT2D eigenvalue weighted by Gasteiger charge is -2.23. The Balaban J connectivity index is 1.76. The van der Waals surface area contributed by atoms with Crippen molar-refractivity contribution in [3.63, 3.8) is 0 Å². The number of sulfone groups is 1. The highest BCUT2D eigenvalue weighted by Gasteiger charge is 2.22. The van der Waals surface area contributed by atoms with Crippen molar-refractivity contribution in [3.05, 3.63) is 47.3 Å². The molecule has 23 heavy (non-hydrogen) atoms. The third-order valence-electron chi connectivity index (χ3n) is 3.80. The minimum Gasteiger partial charge on any atom is -0.349 e. The topological polar surface area (TPSA) is 75.3 Å². The van der Waals surface area contributed by atoms with Crippen LogP contribution in [-0.4, -0.2) is 33.5 Å². The van der Waals surface area contributed by atoms with E-state index in [-0.39, 0.29) is 21.1 Å². The van der Waals surface area contributed by atoms with E-state index in [1.165, 1.54) is 6.07 Å². The molecule has 1 amide bonds. The first kappa shape index (κ1) is 16.2. The molecule has 1 aliphatic heterocycles. The van der Waals surface area contributed by atoms with Crippen molar-refractivity contribution in [1.82, 2.24) is 10.6 Å². The number of benzene rings is 1. The second-order valence-corrected chi connectivity index (χ2v) is 8.69. The fourth-order valence-electron chi connectivity index (χ4n) is 2.53. The van der Waals surface area contributed by atoms with E-state index >= 15 is 0 Å². The molecule has 0 atom stereocenters. The van der Waals surface area contributed by atoms with E-state index < -0.39 is 9.84 Å². The van der Waals surface area contributed by atoms with Gasteiger partial charge in [0.25, 0.3) is 5.91 Å². The highest BCUT2D eigenvalue weighted by molar-refractivity contribution is 7.93. The number of carbonyl (C=O) groups is 1. The number of piperidine rings is 1. The molecule has 2 N–H and O–H groups in total. The zero-order chi connectivity index (χ0) is 16.3. The summed E-state index contributed by atoms with van der Waals surface area (Å²) in [7, 11) is -3.56. The van der Waals surface area contributed by atoms with E-state index in [9.17, 15) is 13.2 Å². The average molecular weight is 350 g/mol. The smallest absolute Gasteiger partial charge is 0.261 e. The molecule has 0 spiro atoms. The van der Waals surface area contributed by atoms with Crippen molar-refractivity contribution in [1.29, 1.82) is 0 Å². The Morgan fingerprint density at radius 2 is 1.78 bits per heavy atom. The number of carbonyl (C=O) groups excluding carboxylic acids is 1. The first-order valence-corrected chi connectivity index (χ1v) is 9.79. The monoisotopic (exact) mass is 350 g/mol. The third-order valence-corrected chi connectivity index (χ3v) is 7.14. The molecule has 2 aromatic rings. The van der Waals surface area contributed by atoms with E-state index in [0.717, 1.165) is 37.3 Å². The molecule has 0 unspecified atom stereocenters. The summed E-state index contributed by atoms with van der Waals surface area (Å²) in [6.45, 7) is 1.78. The van der Waals surface area contributed by atoms with Crippen molar-refractivity contribution >= 4 is 27.1 Å². The van der Waals surface area contributed by atoms with Crippen molar-refractivity contribution in [2.45, 2.75) is 28.0 Å². The van der Waals surface area contributed by atoms with Crippen LogP contribution < -0.4 is 10.6 Å². The summed E-state index contributed by atoms with van der Waals surface area (Å²) in [5, 5.41) is 6.22. The van der Waals surface area contributed by atoms with Gasteiger partial charge in [-0.3, -0.25) is 4.79 Å². The maximum absolute atomic E-state index is 12.5. The van der Waals surface area contributed by atoms with Gasteiger partial charge in [-0.1, -0.05) is 18.2 Å². The zero-order valence-electron chi connectivity index (χ0n) is 12.5. The maximum Gasteiger partial charge on any atom is 0.261 e. The van der Waals surface area contributed by atoms with Crippen LogP contribution in [0.25, 0.3) is 0 Å². The van der Waals surface area contributed by atoms with Crippen LogP contribution in [0.1, 0.15) is 22.5 Å². The summed E-state index contributed by atoms with van der Waals surface area (Å²) in [6, 6.07) is 11.5. The van der Waals surface area contributed by atoms with Gasteiger partial charge in [-0.05, 0) is 50.2 Å². The number of hydrogen-bond acceptors (Lipinski definition) is 5. The van der Waals surface area contributed by atoms with Crippen LogP contribution in [0.15, 0.2) is 51.6 Å². The van der Waals surface area contributed by atoms with Gasteiger partial charge in [0.05, 0.1) is 9.77 Å². The first-order valence-electron chi connectivity index (χ1n) is 7.49. The van der Waals surface area contributed by atoms with Gasteiger partial charge in [-0.15, -0.1) is 11.3 Å². The SMILES string of the molecule is O=C(NC1CCNCC1)c1ccc(S(=O)(=O)c2ccccc2)s1. The van der Waals surface area contributed by atoms with Crippen LogP contribution >= 0.6 is 11.3 Å². The summed E-state index contributed by atoms with van der Waals surface area (Å²) < 4.78 is 25.3. The molecule has 5 nitrogen and oxygen atoms in total. The van der Waals surface area contributed by atoms with E-state index in [2.05, 4.69) is 10.6 Å². The highest BCUT2D eigenvalue weighted by Crippen LogP contribution is 2.27. The van der Waals surface area contributed by atoms with E-state index in [1.807, 2.05) is 0 Å². The molecule has 1 aromatic heterocycles. The molecule has 122 valence electrons. The Labute approximate surface area is 139 Å². The van der Waals surface area contributed by atoms with Crippen molar-refractivity contribution in [2.75, 3.05) is 13.1 Å². The lowest BCUT2D eigenvalue weighted by Crippen LogP contribution is -2.42. The number of hydrogen-bond donors (Lipinski definition) is 2. The minimum absolute atomic E-state index is 0.153. The summed E-state index contributed by atoms with van der Waals surface area (Å²) >= 11 is 1.02. The quantitative estimate of drug-likeness (QED) is 0.885. The Hall–Kier alpha value is -1.70. The van der Waals surface area contributed by atoms with Crippen LogP contribution in [0.2, 0.25) is 0 Å². The van der Waals surface area contributed by atoms with Crippen LogP contribution in [-0.2, 0) is 9.84 Å². The molecule has 3 rings (SSSR count). The molecule has 0 radical (unpaired) electrons. The second kappa shape index (κ2) is 6.82. The molecule has 1 aliphatic rings. The predicted octanol–water partition coefficient (Wildman–Crippen LogP) is 2.06. The van der Waals surface area contributed by atoms with Crippen molar-refractivity contribution in [2.24, 2.45) is 0 Å². The number of rotatable bonds is 4. The first-order chi connectivity index (χ1) is 11.1. The van der Waals surface area contributed by atoms with Crippen LogP contribution in [0, 0.1) is 0 Å². The van der Waals surface area contributed by atoms with Gasteiger partial charge in [0, 0.05) is 6.04 Å². The fourth-order valence-corrected chi connectivity index (χ4v) is 5.16. The van der Waals surface area contributed by atoms with Gasteiger partial charge < -0.3 is 10.6 Å². The highest BCUT2D eigenvalue weighted by atomic mass is 32.2. The van der Waals surface area contributed by atoms with E-state index in [4.69, 9.17) is 0 Å². The van der Waals surface area contributed by atoms with Gasteiger partial charge in [0.2, 0.25) is 9.84 Å². The summed E-state index contributed by atoms with van der Waals surface area (Å²) in [6.07, 6.45) is 1.79. The third kappa shape index (κ3) is 3.63. The average Bonchev–Trinajstić information content (AvgIpc) is 3.07. The molecule has 2 heterocycles. The molecule has 0 saturated carbocycles. The van der Waals surface area contributed by atoms with Crippen LogP contribution in [0.3, 0.4) is 0 Å². The Morgan fingerprint density at radius 1 is 1.09 bits per heavy atom. The Kier molecular flexibility index (Phi) is 4.79. The zero-order valence-corrected chi connectivity index (χ0v) is 14.1. The number of nitrogens with one attached hydrogen (secondary N) is 2. The van der Waals surface area contributed by atoms with Crippen LogP contribution in [0.4, 0.5) is 0 Å². The molecule has 0 bridgehead atoms. The van der Waals surface area contributed by atoms with Crippen LogP contribution in [0.5, 0.6) is 0 Å². The predicted molar refractivity (Wildman–Crippen MR) is 89.6 cm³/mol. The standard InChI is InChI=1S/C16H18N2O3S2/c19-16(18-12-8-10-17-11-9-12)14-6-7-15(22-14)23(20,21)13-4-2-1-3-5-13/h1-7,12,17H,8-11H2,(H,18,19). The lowest BCUT2D eigenvalue weighted by atomic mass is 10.1. The van der Waals surface area contributed by atoms with Crippen molar-refractivity contribution < 1.29 is 13.2 Å². The molecular weight excluding hydrogens is 332 g/mol. The molecule has 1 fully saturated rings. The Morgan fingerprint density at radius 3 is 2.48 bits per heavy atom. The summed E-state index contributed by atoms with van der Waals surface area (Å²) in [5.74, 6) is -0.198. The lowest BCUT2D eigenvalue weighted by molar-refractivity contribution is 0.0933. The second-order valence-electron chi connectivity index (χ2n) is 5.43. The molecule has 0 aliphatic carbocycles.